The molecular formula is C19H29N3O2. The third-order valence-corrected chi connectivity index (χ3v) is 5.19. The third kappa shape index (κ3) is 4.26. The molecule has 132 valence electrons. The van der Waals surface area contributed by atoms with E-state index >= 15 is 0 Å². The van der Waals surface area contributed by atoms with Crippen LogP contribution >= 0.6 is 0 Å². The van der Waals surface area contributed by atoms with Crippen LogP contribution in [0, 0.1) is 5.41 Å². The lowest BCUT2D eigenvalue weighted by Crippen LogP contribution is -2.47. The fourth-order valence-corrected chi connectivity index (χ4v) is 3.33. The fourth-order valence-electron chi connectivity index (χ4n) is 3.33. The highest BCUT2D eigenvalue weighted by atomic mass is 16.5. The highest BCUT2D eigenvalue weighted by Gasteiger charge is 2.32. The second kappa shape index (κ2) is 7.09. The molecule has 1 aliphatic heterocycles. The van der Waals surface area contributed by atoms with Crippen LogP contribution in [0.25, 0.3) is 0 Å². The van der Waals surface area contributed by atoms with Gasteiger partial charge >= 0.3 is 6.03 Å². The van der Waals surface area contributed by atoms with Gasteiger partial charge in [-0.3, -0.25) is 5.32 Å². The third-order valence-electron chi connectivity index (χ3n) is 5.19. The van der Waals surface area contributed by atoms with Crippen LogP contribution in [0.15, 0.2) is 18.3 Å². The number of anilines is 1. The summed E-state index contributed by atoms with van der Waals surface area (Å²) >= 11 is 0. The number of carbonyl (C=O) groups excluding carboxylic acids is 1. The standard InChI is InChI=1S/C19H29N3O2/c1-19(2,3)16-11-15(9-10-24-16)21-18(23)22-17-8-7-14(12-20-17)13-5-4-6-13/h7-8,12-13,15-16H,4-6,9-11H2,1-3H3,(H2,20,21,22,23). The molecule has 2 amide bonds. The van der Waals surface area contributed by atoms with Crippen LogP contribution in [-0.2, 0) is 4.74 Å². The predicted molar refractivity (Wildman–Crippen MR) is 95.2 cm³/mol. The van der Waals surface area contributed by atoms with Gasteiger partial charge in [-0.1, -0.05) is 33.3 Å². The van der Waals surface area contributed by atoms with Gasteiger partial charge in [-0.15, -0.1) is 0 Å². The first-order valence-electron chi connectivity index (χ1n) is 9.07. The first kappa shape index (κ1) is 17.2. The molecule has 2 N–H and O–H groups in total. The van der Waals surface area contributed by atoms with Crippen molar-refractivity contribution >= 4 is 11.8 Å². The largest absolute Gasteiger partial charge is 0.378 e. The van der Waals surface area contributed by atoms with Gasteiger partial charge in [-0.25, -0.2) is 9.78 Å². The molecule has 5 heteroatoms. The Hall–Kier alpha value is -1.62. The Labute approximate surface area is 144 Å². The van der Waals surface area contributed by atoms with Crippen molar-refractivity contribution in [3.05, 3.63) is 23.9 Å². The molecule has 1 aliphatic carbocycles. The maximum absolute atomic E-state index is 12.2. The van der Waals surface area contributed by atoms with E-state index in [1.165, 1.54) is 24.8 Å². The van der Waals surface area contributed by atoms with Crippen molar-refractivity contribution in [1.82, 2.24) is 10.3 Å². The Bertz CT molecular complexity index is 561. The van der Waals surface area contributed by atoms with Gasteiger partial charge in [0.05, 0.1) is 6.10 Å². The van der Waals surface area contributed by atoms with E-state index in [0.717, 1.165) is 12.8 Å². The summed E-state index contributed by atoms with van der Waals surface area (Å²) in [5, 5.41) is 5.90. The molecular weight excluding hydrogens is 302 g/mol. The highest BCUT2D eigenvalue weighted by Crippen LogP contribution is 2.36. The zero-order valence-corrected chi connectivity index (χ0v) is 15.0. The number of nitrogens with one attached hydrogen (secondary N) is 2. The molecule has 24 heavy (non-hydrogen) atoms. The zero-order chi connectivity index (χ0) is 17.2. The van der Waals surface area contributed by atoms with Crippen LogP contribution in [0.4, 0.5) is 10.6 Å². The number of hydrogen-bond acceptors (Lipinski definition) is 3. The van der Waals surface area contributed by atoms with Gasteiger partial charge in [0.25, 0.3) is 0 Å². The van der Waals surface area contributed by atoms with E-state index in [1.807, 2.05) is 12.3 Å². The molecule has 1 saturated carbocycles. The summed E-state index contributed by atoms with van der Waals surface area (Å²) in [5.74, 6) is 1.27. The predicted octanol–water partition coefficient (Wildman–Crippen LogP) is 4.06. The second-order valence-corrected chi connectivity index (χ2v) is 8.15. The molecule has 1 aromatic heterocycles. The smallest absolute Gasteiger partial charge is 0.320 e. The number of hydrogen-bond donors (Lipinski definition) is 2. The van der Waals surface area contributed by atoms with Crippen LogP contribution in [0.1, 0.15) is 64.4 Å². The van der Waals surface area contributed by atoms with Gasteiger partial charge in [0.15, 0.2) is 0 Å². The summed E-state index contributed by atoms with van der Waals surface area (Å²) in [4.78, 5) is 16.6. The molecule has 5 nitrogen and oxygen atoms in total. The first-order chi connectivity index (χ1) is 11.4. The molecule has 3 rings (SSSR count). The Morgan fingerprint density at radius 3 is 2.62 bits per heavy atom. The molecule has 1 aromatic rings. The van der Waals surface area contributed by atoms with Crippen molar-refractivity contribution < 1.29 is 9.53 Å². The number of urea groups is 1. The summed E-state index contributed by atoms with van der Waals surface area (Å²) < 4.78 is 5.84. The van der Waals surface area contributed by atoms with E-state index in [0.29, 0.717) is 18.3 Å². The number of nitrogens with zero attached hydrogens (tertiary/aromatic N) is 1. The summed E-state index contributed by atoms with van der Waals surface area (Å²) in [6, 6.07) is 3.95. The number of rotatable bonds is 3. The molecule has 1 saturated heterocycles. The highest BCUT2D eigenvalue weighted by molar-refractivity contribution is 5.88. The number of amides is 2. The van der Waals surface area contributed by atoms with Crippen molar-refractivity contribution in [1.29, 1.82) is 0 Å². The van der Waals surface area contributed by atoms with E-state index in [2.05, 4.69) is 42.5 Å². The molecule has 2 aliphatic rings. The number of pyridine rings is 1. The molecule has 0 aromatic carbocycles. The van der Waals surface area contributed by atoms with Crippen molar-refractivity contribution in [2.45, 2.75) is 70.9 Å². The topological polar surface area (TPSA) is 63.2 Å². The van der Waals surface area contributed by atoms with Crippen LogP contribution in [0.5, 0.6) is 0 Å². The van der Waals surface area contributed by atoms with Crippen molar-refractivity contribution in [2.75, 3.05) is 11.9 Å². The SMILES string of the molecule is CC(C)(C)C1CC(NC(=O)Nc2ccc(C3CCC3)cn2)CCO1. The zero-order valence-electron chi connectivity index (χ0n) is 15.0. The Balaban J connectivity index is 1.50. The number of ether oxygens (including phenoxy) is 1. The van der Waals surface area contributed by atoms with E-state index in [4.69, 9.17) is 4.74 Å². The molecule has 2 unspecified atom stereocenters. The van der Waals surface area contributed by atoms with Gasteiger partial charge in [0.1, 0.15) is 5.82 Å². The van der Waals surface area contributed by atoms with Crippen LogP contribution in [0.2, 0.25) is 0 Å². The Morgan fingerprint density at radius 2 is 2.04 bits per heavy atom. The fraction of sp³-hybridized carbons (Fsp3) is 0.684. The minimum absolute atomic E-state index is 0.0930. The maximum Gasteiger partial charge on any atom is 0.320 e. The summed E-state index contributed by atoms with van der Waals surface area (Å²) in [7, 11) is 0. The molecule has 0 bridgehead atoms. The van der Waals surface area contributed by atoms with Gasteiger partial charge in [0, 0.05) is 18.8 Å². The number of aromatic nitrogens is 1. The summed E-state index contributed by atoms with van der Waals surface area (Å²) in [6.07, 6.45) is 7.61. The summed E-state index contributed by atoms with van der Waals surface area (Å²) in [6.45, 7) is 7.22. The second-order valence-electron chi connectivity index (χ2n) is 8.15. The van der Waals surface area contributed by atoms with Crippen LogP contribution in [0.3, 0.4) is 0 Å². The average molecular weight is 331 g/mol. The van der Waals surface area contributed by atoms with Crippen LogP contribution < -0.4 is 10.6 Å². The van der Waals surface area contributed by atoms with Gasteiger partial charge in [-0.05, 0) is 48.6 Å². The monoisotopic (exact) mass is 331 g/mol. The number of carbonyl (C=O) groups is 1. The van der Waals surface area contributed by atoms with Crippen molar-refractivity contribution in [3.63, 3.8) is 0 Å². The molecule has 0 radical (unpaired) electrons. The summed E-state index contributed by atoms with van der Waals surface area (Å²) in [5.41, 5.74) is 1.38. The molecule has 2 atom stereocenters. The lowest BCUT2D eigenvalue weighted by molar-refractivity contribution is -0.0563. The minimum Gasteiger partial charge on any atom is -0.378 e. The maximum atomic E-state index is 12.2. The normalized spacial score (nSPS) is 25.0. The van der Waals surface area contributed by atoms with E-state index in [-0.39, 0.29) is 23.6 Å². The molecule has 2 fully saturated rings. The quantitative estimate of drug-likeness (QED) is 0.878. The molecule has 0 spiro atoms. The lowest BCUT2D eigenvalue weighted by Gasteiger charge is -2.37. The van der Waals surface area contributed by atoms with Crippen molar-refractivity contribution in [3.8, 4) is 0 Å². The Morgan fingerprint density at radius 1 is 1.25 bits per heavy atom. The lowest BCUT2D eigenvalue weighted by atomic mass is 9.81. The Kier molecular flexibility index (Phi) is 5.09. The van der Waals surface area contributed by atoms with Crippen molar-refractivity contribution in [2.24, 2.45) is 5.41 Å². The molecule has 2 heterocycles. The first-order valence-corrected chi connectivity index (χ1v) is 9.07. The van der Waals surface area contributed by atoms with E-state index < -0.39 is 0 Å². The van der Waals surface area contributed by atoms with Gasteiger partial charge in [-0.2, -0.15) is 0 Å². The van der Waals surface area contributed by atoms with Gasteiger partial charge < -0.3 is 10.1 Å². The van der Waals surface area contributed by atoms with Crippen LogP contribution in [-0.4, -0.2) is 29.8 Å². The van der Waals surface area contributed by atoms with E-state index in [1.54, 1.807) is 0 Å². The van der Waals surface area contributed by atoms with Gasteiger partial charge in [0.2, 0.25) is 0 Å². The average Bonchev–Trinajstić information content (AvgIpc) is 2.47. The minimum atomic E-state index is -0.182. The van der Waals surface area contributed by atoms with E-state index in [9.17, 15) is 4.79 Å².